The van der Waals surface area contributed by atoms with Crippen molar-refractivity contribution in [3.63, 3.8) is 0 Å². The zero-order valence-corrected chi connectivity index (χ0v) is 18.0. The Morgan fingerprint density at radius 1 is 1.00 bits per heavy atom. The SMILES string of the molecule is O=C(NC[C@@H](O)CNC1Cc2ccccc2C1)c1ccc(C(=O)N2CC3(COC3)C2)cc1. The molecule has 7 heteroatoms. The molecule has 3 N–H and O–H groups in total. The topological polar surface area (TPSA) is 90.9 Å². The summed E-state index contributed by atoms with van der Waals surface area (Å²) < 4.78 is 5.25. The first-order valence-electron chi connectivity index (χ1n) is 11.2. The summed E-state index contributed by atoms with van der Waals surface area (Å²) in [7, 11) is 0. The number of likely N-dealkylation sites (tertiary alicyclic amines) is 1. The van der Waals surface area contributed by atoms with Gasteiger partial charge in [0.15, 0.2) is 0 Å². The van der Waals surface area contributed by atoms with E-state index < -0.39 is 6.10 Å². The number of aliphatic hydroxyl groups excluding tert-OH is 1. The van der Waals surface area contributed by atoms with E-state index in [2.05, 4.69) is 34.9 Å². The molecule has 1 spiro atoms. The lowest BCUT2D eigenvalue weighted by Gasteiger charge is -2.54. The number of hydrogen-bond acceptors (Lipinski definition) is 5. The van der Waals surface area contributed by atoms with Crippen LogP contribution < -0.4 is 10.6 Å². The Morgan fingerprint density at radius 2 is 1.62 bits per heavy atom. The molecule has 0 saturated carbocycles. The van der Waals surface area contributed by atoms with Gasteiger partial charge in [-0.1, -0.05) is 24.3 Å². The fraction of sp³-hybridized carbons (Fsp3) is 0.440. The van der Waals surface area contributed by atoms with Crippen molar-refractivity contribution in [3.8, 4) is 0 Å². The van der Waals surface area contributed by atoms with Gasteiger partial charge in [0.1, 0.15) is 0 Å². The molecule has 2 aromatic rings. The molecule has 1 atom stereocenters. The molecule has 2 heterocycles. The van der Waals surface area contributed by atoms with Gasteiger partial charge in [-0.05, 0) is 48.2 Å². The molecule has 2 aliphatic heterocycles. The molecule has 2 amide bonds. The van der Waals surface area contributed by atoms with Gasteiger partial charge in [-0.25, -0.2) is 0 Å². The molecule has 2 saturated heterocycles. The van der Waals surface area contributed by atoms with Crippen LogP contribution in [0.15, 0.2) is 48.5 Å². The second kappa shape index (κ2) is 8.65. The van der Waals surface area contributed by atoms with E-state index in [1.54, 1.807) is 24.3 Å². The second-order valence-corrected chi connectivity index (χ2v) is 9.38. The van der Waals surface area contributed by atoms with Crippen LogP contribution >= 0.6 is 0 Å². The van der Waals surface area contributed by atoms with Gasteiger partial charge in [0, 0.05) is 43.3 Å². The van der Waals surface area contributed by atoms with E-state index in [9.17, 15) is 14.7 Å². The molecule has 0 unspecified atom stereocenters. The number of fused-ring (bicyclic) bond motifs is 1. The van der Waals surface area contributed by atoms with Crippen molar-refractivity contribution < 1.29 is 19.4 Å². The minimum Gasteiger partial charge on any atom is -0.390 e. The normalized spacial score (nSPS) is 19.7. The van der Waals surface area contributed by atoms with Crippen molar-refractivity contribution in [1.29, 1.82) is 0 Å². The second-order valence-electron chi connectivity index (χ2n) is 9.38. The van der Waals surface area contributed by atoms with E-state index >= 15 is 0 Å². The van der Waals surface area contributed by atoms with Gasteiger partial charge in [0.25, 0.3) is 11.8 Å². The molecule has 32 heavy (non-hydrogen) atoms. The quantitative estimate of drug-likeness (QED) is 0.604. The number of ether oxygens (including phenoxy) is 1. The van der Waals surface area contributed by atoms with Crippen LogP contribution in [0.25, 0.3) is 0 Å². The lowest BCUT2D eigenvalue weighted by molar-refractivity contribution is -0.176. The highest BCUT2D eigenvalue weighted by Gasteiger charge is 2.50. The fourth-order valence-corrected chi connectivity index (χ4v) is 4.82. The van der Waals surface area contributed by atoms with Crippen molar-refractivity contribution in [2.75, 3.05) is 39.4 Å². The number of carbonyl (C=O) groups excluding carboxylic acids is 2. The number of carbonyl (C=O) groups is 2. The Labute approximate surface area is 187 Å². The van der Waals surface area contributed by atoms with E-state index in [0.717, 1.165) is 39.1 Å². The molecule has 0 aromatic heterocycles. The third kappa shape index (κ3) is 4.28. The number of hydrogen-bond donors (Lipinski definition) is 3. The molecular weight excluding hydrogens is 406 g/mol. The molecule has 7 nitrogen and oxygen atoms in total. The fourth-order valence-electron chi connectivity index (χ4n) is 4.82. The summed E-state index contributed by atoms with van der Waals surface area (Å²) in [6, 6.07) is 15.4. The highest BCUT2D eigenvalue weighted by atomic mass is 16.5. The molecule has 0 bridgehead atoms. The van der Waals surface area contributed by atoms with Crippen LogP contribution in [0.5, 0.6) is 0 Å². The van der Waals surface area contributed by atoms with Gasteiger partial charge < -0.3 is 25.4 Å². The lowest BCUT2D eigenvalue weighted by atomic mass is 9.78. The summed E-state index contributed by atoms with van der Waals surface area (Å²) in [5.41, 5.74) is 3.96. The maximum Gasteiger partial charge on any atom is 0.253 e. The van der Waals surface area contributed by atoms with E-state index in [4.69, 9.17) is 4.74 Å². The van der Waals surface area contributed by atoms with Crippen LogP contribution in [0.2, 0.25) is 0 Å². The number of rotatable bonds is 7. The van der Waals surface area contributed by atoms with E-state index in [0.29, 0.717) is 23.7 Å². The first-order valence-corrected chi connectivity index (χ1v) is 11.2. The van der Waals surface area contributed by atoms with Crippen molar-refractivity contribution >= 4 is 11.8 Å². The predicted molar refractivity (Wildman–Crippen MR) is 120 cm³/mol. The van der Waals surface area contributed by atoms with E-state index in [1.807, 2.05) is 4.90 Å². The standard InChI is InChI=1S/C25H29N3O4/c29-22(11-26-21-9-19-3-1-2-4-20(19)10-21)12-27-23(30)17-5-7-18(8-6-17)24(31)28-13-25(14-28)15-32-16-25/h1-8,21-22,26,29H,9-16H2,(H,27,30)/t22-/m0/s1. The monoisotopic (exact) mass is 435 g/mol. The van der Waals surface area contributed by atoms with Crippen LogP contribution in [0.3, 0.4) is 0 Å². The Kier molecular flexibility index (Phi) is 5.71. The summed E-state index contributed by atoms with van der Waals surface area (Å²) in [4.78, 5) is 26.8. The van der Waals surface area contributed by atoms with Gasteiger partial charge in [0.2, 0.25) is 0 Å². The Bertz CT molecular complexity index is 970. The molecule has 1 aliphatic carbocycles. The number of nitrogens with one attached hydrogen (secondary N) is 2. The summed E-state index contributed by atoms with van der Waals surface area (Å²) in [5, 5.41) is 16.4. The molecule has 5 rings (SSSR count). The minimum atomic E-state index is -0.669. The Balaban J connectivity index is 1.04. The minimum absolute atomic E-state index is 0.00922. The number of nitrogens with zero attached hydrogens (tertiary/aromatic N) is 1. The van der Waals surface area contributed by atoms with Crippen molar-refractivity contribution in [1.82, 2.24) is 15.5 Å². The third-order valence-corrected chi connectivity index (χ3v) is 6.74. The maximum absolute atomic E-state index is 12.5. The van der Waals surface area contributed by atoms with Gasteiger partial charge in [-0.15, -0.1) is 0 Å². The highest BCUT2D eigenvalue weighted by molar-refractivity contribution is 5.98. The summed E-state index contributed by atoms with van der Waals surface area (Å²) >= 11 is 0. The van der Waals surface area contributed by atoms with Crippen LogP contribution in [-0.2, 0) is 17.6 Å². The van der Waals surface area contributed by atoms with Crippen LogP contribution in [-0.4, -0.2) is 73.4 Å². The molecule has 3 aliphatic rings. The molecular formula is C25H29N3O4. The third-order valence-electron chi connectivity index (χ3n) is 6.74. The first kappa shape index (κ1) is 21.1. The van der Waals surface area contributed by atoms with Crippen molar-refractivity contribution in [2.24, 2.45) is 5.41 Å². The smallest absolute Gasteiger partial charge is 0.253 e. The molecule has 2 aromatic carbocycles. The first-order chi connectivity index (χ1) is 15.5. The summed E-state index contributed by atoms with van der Waals surface area (Å²) in [5.74, 6) is -0.268. The van der Waals surface area contributed by atoms with Gasteiger partial charge in [-0.2, -0.15) is 0 Å². The van der Waals surface area contributed by atoms with Crippen LogP contribution in [0.4, 0.5) is 0 Å². The maximum atomic E-state index is 12.5. The van der Waals surface area contributed by atoms with Crippen molar-refractivity contribution in [3.05, 3.63) is 70.8 Å². The number of aliphatic hydroxyl groups is 1. The molecule has 168 valence electrons. The summed E-state index contributed by atoms with van der Waals surface area (Å²) in [6.45, 7) is 3.57. The van der Waals surface area contributed by atoms with Gasteiger partial charge in [-0.3, -0.25) is 9.59 Å². The Hall–Kier alpha value is -2.74. The van der Waals surface area contributed by atoms with E-state index in [-0.39, 0.29) is 23.8 Å². The number of benzene rings is 2. The largest absolute Gasteiger partial charge is 0.390 e. The zero-order chi connectivity index (χ0) is 22.1. The van der Waals surface area contributed by atoms with E-state index in [1.165, 1.54) is 11.1 Å². The molecule has 0 radical (unpaired) electrons. The predicted octanol–water partition coefficient (Wildman–Crippen LogP) is 1.01. The lowest BCUT2D eigenvalue weighted by Crippen LogP contribution is -2.67. The number of amides is 2. The highest BCUT2D eigenvalue weighted by Crippen LogP contribution is 2.38. The Morgan fingerprint density at radius 3 is 2.22 bits per heavy atom. The summed E-state index contributed by atoms with van der Waals surface area (Å²) in [6.07, 6.45) is 1.26. The van der Waals surface area contributed by atoms with Crippen LogP contribution in [0, 0.1) is 5.41 Å². The van der Waals surface area contributed by atoms with Crippen molar-refractivity contribution in [2.45, 2.75) is 25.0 Å². The molecule has 2 fully saturated rings. The average molecular weight is 436 g/mol. The zero-order valence-electron chi connectivity index (χ0n) is 18.0. The van der Waals surface area contributed by atoms with Gasteiger partial charge >= 0.3 is 0 Å². The van der Waals surface area contributed by atoms with Crippen LogP contribution in [0.1, 0.15) is 31.8 Å². The average Bonchev–Trinajstić information content (AvgIpc) is 3.17. The van der Waals surface area contributed by atoms with Gasteiger partial charge in [0.05, 0.1) is 24.7 Å².